The predicted molar refractivity (Wildman–Crippen MR) is 125 cm³/mol. The van der Waals surface area contributed by atoms with E-state index in [-0.39, 0.29) is 12.5 Å². The van der Waals surface area contributed by atoms with Crippen molar-refractivity contribution in [2.24, 2.45) is 4.99 Å². The van der Waals surface area contributed by atoms with Crippen molar-refractivity contribution in [1.82, 2.24) is 0 Å². The van der Waals surface area contributed by atoms with Crippen LogP contribution in [0, 0.1) is 6.92 Å². The number of halogens is 1. The standard InChI is InChI=1S/C23H23ClN2O3S/c1-3-11-25-23-26(19-8-5-4-7-16(19)2)22(28)21(30-23)15-17-9-10-20(18(24)14-17)29-13-6-12-27/h4-10,13-15,27H,3,11-12H2,1-2H3/b13-6-,21-15-,25-23-. The van der Waals surface area contributed by atoms with Gasteiger partial charge in [-0.05, 0) is 66.6 Å². The van der Waals surface area contributed by atoms with Crippen LogP contribution < -0.4 is 9.64 Å². The highest BCUT2D eigenvalue weighted by Gasteiger charge is 2.35. The summed E-state index contributed by atoms with van der Waals surface area (Å²) in [6, 6.07) is 13.1. The molecular formula is C23H23ClN2O3S. The first-order chi connectivity index (χ1) is 14.5. The molecule has 1 amide bonds. The van der Waals surface area contributed by atoms with Crippen molar-refractivity contribution in [3.63, 3.8) is 0 Å². The lowest BCUT2D eigenvalue weighted by Crippen LogP contribution is -2.29. The number of carbonyl (C=O) groups excluding carboxylic acids is 1. The molecule has 0 unspecified atom stereocenters. The van der Waals surface area contributed by atoms with E-state index in [1.54, 1.807) is 17.0 Å². The predicted octanol–water partition coefficient (Wildman–Crippen LogP) is 5.42. The molecule has 1 saturated heterocycles. The lowest BCUT2D eigenvalue weighted by atomic mass is 10.1. The van der Waals surface area contributed by atoms with E-state index in [0.717, 1.165) is 23.2 Å². The number of thioether (sulfide) groups is 1. The summed E-state index contributed by atoms with van der Waals surface area (Å²) in [6.45, 7) is 4.59. The Kier molecular flexibility index (Phi) is 7.74. The average Bonchev–Trinajstić information content (AvgIpc) is 3.03. The third-order valence-electron chi connectivity index (χ3n) is 4.28. The molecule has 30 heavy (non-hydrogen) atoms. The Labute approximate surface area is 185 Å². The number of amidine groups is 1. The van der Waals surface area contributed by atoms with Crippen LogP contribution >= 0.6 is 23.4 Å². The minimum absolute atomic E-state index is 0.105. The van der Waals surface area contributed by atoms with Crippen LogP contribution in [0.3, 0.4) is 0 Å². The minimum Gasteiger partial charge on any atom is -0.464 e. The number of hydrogen-bond acceptors (Lipinski definition) is 5. The van der Waals surface area contributed by atoms with Crippen LogP contribution in [0.25, 0.3) is 6.08 Å². The first-order valence-corrected chi connectivity index (χ1v) is 10.8. The zero-order valence-electron chi connectivity index (χ0n) is 16.8. The van der Waals surface area contributed by atoms with Crippen molar-refractivity contribution < 1.29 is 14.6 Å². The molecule has 1 aliphatic rings. The quantitative estimate of drug-likeness (QED) is 0.459. The summed E-state index contributed by atoms with van der Waals surface area (Å²) < 4.78 is 5.38. The van der Waals surface area contributed by atoms with Gasteiger partial charge in [0.1, 0.15) is 5.75 Å². The fraction of sp³-hybridized carbons (Fsp3) is 0.217. The van der Waals surface area contributed by atoms with Crippen LogP contribution in [0.5, 0.6) is 5.75 Å². The van der Waals surface area contributed by atoms with Crippen LogP contribution in [0.1, 0.15) is 24.5 Å². The number of amides is 1. The van der Waals surface area contributed by atoms with E-state index in [2.05, 4.69) is 11.9 Å². The summed E-state index contributed by atoms with van der Waals surface area (Å²) in [5.41, 5.74) is 2.64. The SMILES string of the molecule is CCC/N=C1\S/C(=C\c2ccc(O/C=C\CO)c(Cl)c2)C(=O)N1c1ccccc1C. The second-order valence-electron chi connectivity index (χ2n) is 6.56. The number of aliphatic hydroxyl groups excluding tert-OH is 1. The highest BCUT2D eigenvalue weighted by Crippen LogP contribution is 2.38. The van der Waals surface area contributed by atoms with Gasteiger partial charge in [0.25, 0.3) is 5.91 Å². The van der Waals surface area contributed by atoms with Gasteiger partial charge in [0.05, 0.1) is 28.5 Å². The fourth-order valence-electron chi connectivity index (χ4n) is 2.83. The molecule has 1 heterocycles. The Morgan fingerprint density at radius 2 is 2.07 bits per heavy atom. The van der Waals surface area contributed by atoms with Gasteiger partial charge in [-0.2, -0.15) is 0 Å². The molecule has 0 aromatic heterocycles. The summed E-state index contributed by atoms with van der Waals surface area (Å²) >= 11 is 7.66. The summed E-state index contributed by atoms with van der Waals surface area (Å²) in [4.78, 5) is 20.1. The maximum absolute atomic E-state index is 13.2. The molecule has 0 saturated carbocycles. The molecule has 0 atom stereocenters. The third-order valence-corrected chi connectivity index (χ3v) is 5.59. The van der Waals surface area contributed by atoms with E-state index in [1.165, 1.54) is 24.1 Å². The van der Waals surface area contributed by atoms with Crippen molar-refractivity contribution in [2.75, 3.05) is 18.1 Å². The Hall–Kier alpha value is -2.54. The summed E-state index contributed by atoms with van der Waals surface area (Å²) in [5, 5.41) is 9.88. The van der Waals surface area contributed by atoms with Crippen molar-refractivity contribution in [2.45, 2.75) is 20.3 Å². The van der Waals surface area contributed by atoms with Gasteiger partial charge in [0.15, 0.2) is 5.17 Å². The Morgan fingerprint density at radius 3 is 2.77 bits per heavy atom. The molecule has 0 aliphatic carbocycles. The van der Waals surface area contributed by atoms with Gasteiger partial charge < -0.3 is 9.84 Å². The smallest absolute Gasteiger partial charge is 0.271 e. The van der Waals surface area contributed by atoms with Crippen molar-refractivity contribution in [1.29, 1.82) is 0 Å². The number of aliphatic hydroxyl groups is 1. The summed E-state index contributed by atoms with van der Waals surface area (Å²) in [6.07, 6.45) is 5.57. The molecule has 156 valence electrons. The monoisotopic (exact) mass is 442 g/mol. The van der Waals surface area contributed by atoms with Gasteiger partial charge in [-0.1, -0.05) is 42.8 Å². The molecule has 5 nitrogen and oxygen atoms in total. The molecular weight excluding hydrogens is 420 g/mol. The molecule has 0 radical (unpaired) electrons. The van der Waals surface area contributed by atoms with Gasteiger partial charge in [-0.15, -0.1) is 0 Å². The van der Waals surface area contributed by atoms with Gasteiger partial charge >= 0.3 is 0 Å². The fourth-order valence-corrected chi connectivity index (χ4v) is 4.06. The molecule has 3 rings (SSSR count). The Morgan fingerprint density at radius 1 is 1.27 bits per heavy atom. The average molecular weight is 443 g/mol. The second kappa shape index (κ2) is 10.5. The highest BCUT2D eigenvalue weighted by atomic mass is 35.5. The summed E-state index contributed by atoms with van der Waals surface area (Å²) in [7, 11) is 0. The lowest BCUT2D eigenvalue weighted by Gasteiger charge is -2.17. The van der Waals surface area contributed by atoms with Crippen molar-refractivity contribution >= 4 is 46.2 Å². The van der Waals surface area contributed by atoms with Gasteiger partial charge in [0.2, 0.25) is 0 Å². The summed E-state index contributed by atoms with van der Waals surface area (Å²) in [5.74, 6) is 0.368. The number of ether oxygens (including phenoxy) is 1. The molecule has 1 N–H and O–H groups in total. The minimum atomic E-state index is -0.111. The normalized spacial score (nSPS) is 16.9. The number of aryl methyl sites for hydroxylation is 1. The zero-order chi connectivity index (χ0) is 21.5. The number of benzene rings is 2. The molecule has 1 aliphatic heterocycles. The largest absolute Gasteiger partial charge is 0.464 e. The van der Waals surface area contributed by atoms with Crippen LogP contribution in [-0.4, -0.2) is 29.3 Å². The molecule has 7 heteroatoms. The molecule has 0 bridgehead atoms. The van der Waals surface area contributed by atoms with E-state index in [4.69, 9.17) is 21.4 Å². The maximum atomic E-state index is 13.2. The first-order valence-electron chi connectivity index (χ1n) is 9.61. The number of aliphatic imine (C=N–C) groups is 1. The van der Waals surface area contributed by atoms with E-state index in [9.17, 15) is 4.79 Å². The number of rotatable bonds is 7. The lowest BCUT2D eigenvalue weighted by molar-refractivity contribution is -0.113. The van der Waals surface area contributed by atoms with Gasteiger partial charge in [0, 0.05) is 6.54 Å². The van der Waals surface area contributed by atoms with E-state index in [1.807, 2.05) is 43.3 Å². The van der Waals surface area contributed by atoms with E-state index in [0.29, 0.717) is 27.4 Å². The van der Waals surface area contributed by atoms with Gasteiger partial charge in [-0.3, -0.25) is 14.7 Å². The van der Waals surface area contributed by atoms with Crippen LogP contribution in [0.4, 0.5) is 5.69 Å². The maximum Gasteiger partial charge on any atom is 0.271 e. The number of hydrogen-bond donors (Lipinski definition) is 1. The molecule has 1 fully saturated rings. The van der Waals surface area contributed by atoms with E-state index >= 15 is 0 Å². The zero-order valence-corrected chi connectivity index (χ0v) is 18.4. The van der Waals surface area contributed by atoms with Crippen LogP contribution in [0.2, 0.25) is 5.02 Å². The number of para-hydroxylation sites is 1. The highest BCUT2D eigenvalue weighted by molar-refractivity contribution is 8.19. The molecule has 2 aromatic carbocycles. The number of anilines is 1. The number of nitrogens with zero attached hydrogens (tertiary/aromatic N) is 2. The molecule has 2 aromatic rings. The Balaban J connectivity index is 1.92. The number of carbonyl (C=O) groups is 1. The molecule has 0 spiro atoms. The van der Waals surface area contributed by atoms with Crippen molar-refractivity contribution in [3.05, 3.63) is 75.9 Å². The van der Waals surface area contributed by atoms with Gasteiger partial charge in [-0.25, -0.2) is 0 Å². The van der Waals surface area contributed by atoms with E-state index < -0.39 is 0 Å². The topological polar surface area (TPSA) is 62.1 Å². The van der Waals surface area contributed by atoms with Crippen LogP contribution in [0.15, 0.2) is 64.7 Å². The van der Waals surface area contributed by atoms with Crippen LogP contribution in [-0.2, 0) is 4.79 Å². The second-order valence-corrected chi connectivity index (χ2v) is 7.98. The first kappa shape index (κ1) is 22.2. The Bertz CT molecular complexity index is 1020. The third kappa shape index (κ3) is 5.14. The van der Waals surface area contributed by atoms with Crippen molar-refractivity contribution in [3.8, 4) is 5.75 Å².